The molecule has 1 aromatic rings. The lowest BCUT2D eigenvalue weighted by molar-refractivity contribution is 0.164. The molecule has 2 heteroatoms. The summed E-state index contributed by atoms with van der Waals surface area (Å²) in [6, 6.07) is 6.62. The number of fused-ring (bicyclic) bond motifs is 1. The molecule has 1 saturated carbocycles. The monoisotopic (exact) mass is 448 g/mol. The largest absolute Gasteiger partial charge is 0.497 e. The third-order valence-electron chi connectivity index (χ3n) is 7.04. The number of allylic oxidation sites excluding steroid dienone is 7. The van der Waals surface area contributed by atoms with E-state index in [1.165, 1.54) is 61.0 Å². The topological polar surface area (TPSA) is 18.5 Å². The Morgan fingerprint density at radius 3 is 2.45 bits per heavy atom. The molecule has 0 heterocycles. The molecule has 0 spiro atoms. The van der Waals surface area contributed by atoms with Crippen LogP contribution in [0.3, 0.4) is 0 Å². The normalized spacial score (nSPS) is 21.8. The van der Waals surface area contributed by atoms with Gasteiger partial charge >= 0.3 is 0 Å². The fourth-order valence-electron chi connectivity index (χ4n) is 4.90. The van der Waals surface area contributed by atoms with E-state index in [1.807, 2.05) is 0 Å². The lowest BCUT2D eigenvalue weighted by Gasteiger charge is -2.21. The fourth-order valence-corrected chi connectivity index (χ4v) is 4.90. The van der Waals surface area contributed by atoms with E-state index in [0.29, 0.717) is 5.92 Å². The Balaban J connectivity index is 1.39. The number of unbranched alkanes of at least 4 members (excludes halogenated alkanes) is 5. The second-order valence-corrected chi connectivity index (χ2v) is 9.81. The number of rotatable bonds is 15. The minimum Gasteiger partial charge on any atom is -0.497 e. The lowest BCUT2D eigenvalue weighted by Crippen LogP contribution is -2.11. The van der Waals surface area contributed by atoms with Crippen LogP contribution in [0.25, 0.3) is 6.08 Å². The van der Waals surface area contributed by atoms with Gasteiger partial charge in [-0.1, -0.05) is 76.0 Å². The molecule has 2 aliphatic rings. The second-order valence-electron chi connectivity index (χ2n) is 9.81. The Labute approximate surface area is 202 Å². The molecule has 0 aliphatic heterocycles. The van der Waals surface area contributed by atoms with Gasteiger partial charge < -0.3 is 9.47 Å². The van der Waals surface area contributed by atoms with Crippen LogP contribution >= 0.6 is 0 Å². The maximum absolute atomic E-state index is 6.22. The minimum absolute atomic E-state index is 0.245. The molecule has 33 heavy (non-hydrogen) atoms. The first-order chi connectivity index (χ1) is 16.1. The highest BCUT2D eigenvalue weighted by molar-refractivity contribution is 5.53. The number of hydrogen-bond donors (Lipinski definition) is 0. The van der Waals surface area contributed by atoms with Gasteiger partial charge in [0.05, 0.1) is 13.2 Å². The minimum atomic E-state index is 0.245. The zero-order valence-electron chi connectivity index (χ0n) is 21.4. The molecular formula is C31H44O2. The van der Waals surface area contributed by atoms with Crippen molar-refractivity contribution in [1.82, 2.24) is 0 Å². The van der Waals surface area contributed by atoms with Crippen LogP contribution in [0.5, 0.6) is 5.75 Å². The van der Waals surface area contributed by atoms with Crippen LogP contribution in [0.1, 0.15) is 90.2 Å². The van der Waals surface area contributed by atoms with Crippen molar-refractivity contribution in [2.75, 3.05) is 13.2 Å². The van der Waals surface area contributed by atoms with Crippen molar-refractivity contribution in [2.45, 2.75) is 85.5 Å². The standard InChI is InChI=1S/C31H44O2/c1-5-8-12-21-32-29-19-17-25(14-6-2)23-27(29)16-11-9-10-13-22-33-30-20-18-26(15-7-3)28-24-31(28,30)4/h6-7,14-15,17-20,23,28H,5,8-13,16,21-22,24H2,1-4H3/b14-6+,15-7+. The van der Waals surface area contributed by atoms with E-state index in [0.717, 1.165) is 38.2 Å². The summed E-state index contributed by atoms with van der Waals surface area (Å²) < 4.78 is 12.3. The first-order valence-electron chi connectivity index (χ1n) is 13.2. The summed E-state index contributed by atoms with van der Waals surface area (Å²) in [4.78, 5) is 0. The van der Waals surface area contributed by atoms with Crippen molar-refractivity contribution >= 4 is 6.08 Å². The zero-order valence-corrected chi connectivity index (χ0v) is 21.4. The summed E-state index contributed by atoms with van der Waals surface area (Å²) in [5.74, 6) is 2.93. The highest BCUT2D eigenvalue weighted by Crippen LogP contribution is 2.63. The predicted octanol–water partition coefficient (Wildman–Crippen LogP) is 8.83. The molecule has 2 aliphatic carbocycles. The average Bonchev–Trinajstić information content (AvgIpc) is 3.52. The van der Waals surface area contributed by atoms with Gasteiger partial charge in [0.2, 0.25) is 0 Å². The van der Waals surface area contributed by atoms with Gasteiger partial charge in [0.15, 0.2) is 0 Å². The van der Waals surface area contributed by atoms with Crippen LogP contribution in [0.2, 0.25) is 0 Å². The summed E-state index contributed by atoms with van der Waals surface area (Å²) in [5.41, 5.74) is 4.32. The molecule has 2 unspecified atom stereocenters. The number of benzene rings is 1. The van der Waals surface area contributed by atoms with E-state index in [4.69, 9.17) is 9.47 Å². The molecule has 180 valence electrons. The van der Waals surface area contributed by atoms with Gasteiger partial charge in [-0.25, -0.2) is 0 Å². The highest BCUT2D eigenvalue weighted by Gasteiger charge is 2.56. The number of aryl methyl sites for hydroxylation is 1. The zero-order chi connectivity index (χ0) is 23.5. The molecule has 0 N–H and O–H groups in total. The van der Waals surface area contributed by atoms with Crippen molar-refractivity contribution in [3.05, 3.63) is 71.0 Å². The van der Waals surface area contributed by atoms with Crippen molar-refractivity contribution in [3.63, 3.8) is 0 Å². The van der Waals surface area contributed by atoms with Crippen LogP contribution in [0, 0.1) is 11.3 Å². The molecule has 1 fully saturated rings. The van der Waals surface area contributed by atoms with E-state index in [2.05, 4.69) is 82.4 Å². The van der Waals surface area contributed by atoms with Gasteiger partial charge in [-0.05, 0) is 86.8 Å². The summed E-state index contributed by atoms with van der Waals surface area (Å²) in [5, 5.41) is 0. The average molecular weight is 449 g/mol. The molecule has 0 amide bonds. The molecule has 1 aromatic carbocycles. The molecule has 0 radical (unpaired) electrons. The second kappa shape index (κ2) is 12.9. The molecule has 3 rings (SSSR count). The van der Waals surface area contributed by atoms with Crippen LogP contribution in [-0.4, -0.2) is 13.2 Å². The van der Waals surface area contributed by atoms with Gasteiger partial charge in [0.1, 0.15) is 11.5 Å². The SMILES string of the molecule is C/C=C/C1=CC=C(OCCCCCCc2cc(/C=C/C)ccc2OCCCCC)C2(C)CC12. The smallest absolute Gasteiger partial charge is 0.122 e. The van der Waals surface area contributed by atoms with Crippen molar-refractivity contribution in [3.8, 4) is 5.75 Å². The number of ether oxygens (including phenoxy) is 2. The summed E-state index contributed by atoms with van der Waals surface area (Å²) in [7, 11) is 0. The molecule has 0 bridgehead atoms. The summed E-state index contributed by atoms with van der Waals surface area (Å²) in [6.45, 7) is 10.4. The van der Waals surface area contributed by atoms with Gasteiger partial charge in [0, 0.05) is 5.41 Å². The summed E-state index contributed by atoms with van der Waals surface area (Å²) in [6.07, 6.45) is 23.8. The Bertz CT molecular complexity index is 873. The first-order valence-corrected chi connectivity index (χ1v) is 13.2. The first kappa shape index (κ1) is 25.4. The fraction of sp³-hybridized carbons (Fsp3) is 0.548. The van der Waals surface area contributed by atoms with E-state index >= 15 is 0 Å². The maximum Gasteiger partial charge on any atom is 0.122 e. The molecule has 0 saturated heterocycles. The van der Waals surface area contributed by atoms with Crippen LogP contribution in [0.4, 0.5) is 0 Å². The molecule has 0 aromatic heterocycles. The Morgan fingerprint density at radius 1 is 0.909 bits per heavy atom. The Hall–Kier alpha value is -2.22. The van der Waals surface area contributed by atoms with Gasteiger partial charge in [-0.2, -0.15) is 0 Å². The lowest BCUT2D eigenvalue weighted by atomic mass is 9.93. The van der Waals surface area contributed by atoms with Crippen LogP contribution in [-0.2, 0) is 11.2 Å². The summed E-state index contributed by atoms with van der Waals surface area (Å²) >= 11 is 0. The van der Waals surface area contributed by atoms with Crippen LogP contribution < -0.4 is 4.74 Å². The van der Waals surface area contributed by atoms with E-state index in [-0.39, 0.29) is 5.41 Å². The van der Waals surface area contributed by atoms with Gasteiger partial charge in [-0.15, -0.1) is 0 Å². The third kappa shape index (κ3) is 7.13. The molecular weight excluding hydrogens is 404 g/mol. The van der Waals surface area contributed by atoms with Crippen molar-refractivity contribution in [2.24, 2.45) is 11.3 Å². The Morgan fingerprint density at radius 2 is 1.67 bits per heavy atom. The molecule has 2 atom stereocenters. The quantitative estimate of drug-likeness (QED) is 0.249. The van der Waals surface area contributed by atoms with E-state index in [1.54, 1.807) is 0 Å². The van der Waals surface area contributed by atoms with E-state index in [9.17, 15) is 0 Å². The maximum atomic E-state index is 6.22. The Kier molecular flexibility index (Phi) is 9.91. The van der Waals surface area contributed by atoms with Crippen molar-refractivity contribution < 1.29 is 9.47 Å². The van der Waals surface area contributed by atoms with Crippen molar-refractivity contribution in [1.29, 1.82) is 0 Å². The van der Waals surface area contributed by atoms with Gasteiger partial charge in [-0.3, -0.25) is 0 Å². The van der Waals surface area contributed by atoms with Gasteiger partial charge in [0.25, 0.3) is 0 Å². The van der Waals surface area contributed by atoms with E-state index < -0.39 is 0 Å². The van der Waals surface area contributed by atoms with Crippen LogP contribution in [0.15, 0.2) is 59.9 Å². The predicted molar refractivity (Wildman–Crippen MR) is 141 cm³/mol. The number of hydrogen-bond acceptors (Lipinski definition) is 2. The molecule has 2 nitrogen and oxygen atoms in total. The third-order valence-corrected chi connectivity index (χ3v) is 7.04. The highest BCUT2D eigenvalue weighted by atomic mass is 16.5.